The second-order valence-electron chi connectivity index (χ2n) is 5.04. The number of carboxylic acids is 1. The predicted molar refractivity (Wildman–Crippen MR) is 79.0 cm³/mol. The second kappa shape index (κ2) is 6.64. The number of hydrogen-bond donors (Lipinski definition) is 2. The number of benzene rings is 1. The molecule has 0 aromatic heterocycles. The molecule has 7 heteroatoms. The summed E-state index contributed by atoms with van der Waals surface area (Å²) in [5.74, 6) is -1.39. The molecule has 21 heavy (non-hydrogen) atoms. The van der Waals surface area contributed by atoms with Gasteiger partial charge in [-0.1, -0.05) is 23.2 Å². The molecule has 0 aliphatic carbocycles. The number of amides is 1. The van der Waals surface area contributed by atoms with Crippen molar-refractivity contribution in [2.24, 2.45) is 0 Å². The normalized spacial score (nSPS) is 17.2. The lowest BCUT2D eigenvalue weighted by atomic mass is 9.86. The van der Waals surface area contributed by atoms with E-state index in [1.54, 1.807) is 6.07 Å². The summed E-state index contributed by atoms with van der Waals surface area (Å²) < 4.78 is 5.25. The quantitative estimate of drug-likeness (QED) is 0.889. The number of hydrogen-bond acceptors (Lipinski definition) is 3. The van der Waals surface area contributed by atoms with Crippen LogP contribution in [0, 0.1) is 0 Å². The van der Waals surface area contributed by atoms with Crippen LogP contribution >= 0.6 is 23.2 Å². The molecule has 0 unspecified atom stereocenters. The molecule has 0 bridgehead atoms. The third kappa shape index (κ3) is 4.09. The van der Waals surface area contributed by atoms with Gasteiger partial charge < -0.3 is 15.2 Å². The van der Waals surface area contributed by atoms with Crippen LogP contribution in [0.5, 0.6) is 0 Å². The van der Waals surface area contributed by atoms with E-state index in [-0.39, 0.29) is 17.0 Å². The minimum Gasteiger partial charge on any atom is -0.481 e. The summed E-state index contributed by atoms with van der Waals surface area (Å²) in [6.45, 7) is 0.827. The van der Waals surface area contributed by atoms with Gasteiger partial charge in [0.05, 0.1) is 22.5 Å². The standard InChI is InChI=1S/C14H15Cl2NO4/c15-9-1-2-11(16)10(7-9)13(20)17-14(8-12(18)19)3-5-21-6-4-14/h1-2,7H,3-6,8H2,(H,17,20)(H,18,19). The number of halogens is 2. The minimum atomic E-state index is -0.964. The second-order valence-corrected chi connectivity index (χ2v) is 5.89. The lowest BCUT2D eigenvalue weighted by Crippen LogP contribution is -2.53. The average Bonchev–Trinajstić information content (AvgIpc) is 2.41. The van der Waals surface area contributed by atoms with Crippen molar-refractivity contribution in [3.63, 3.8) is 0 Å². The highest BCUT2D eigenvalue weighted by Crippen LogP contribution is 2.27. The number of rotatable bonds is 4. The molecule has 1 saturated heterocycles. The van der Waals surface area contributed by atoms with E-state index in [1.807, 2.05) is 0 Å². The summed E-state index contributed by atoms with van der Waals surface area (Å²) in [6, 6.07) is 4.59. The molecule has 0 spiro atoms. The highest BCUT2D eigenvalue weighted by Gasteiger charge is 2.36. The predicted octanol–water partition coefficient (Wildman–Crippen LogP) is 2.75. The Balaban J connectivity index is 2.21. The average molecular weight is 332 g/mol. The van der Waals surface area contributed by atoms with Crippen LogP contribution in [0.2, 0.25) is 10.0 Å². The van der Waals surface area contributed by atoms with Crippen LogP contribution in [0.15, 0.2) is 18.2 Å². The Morgan fingerprint density at radius 1 is 1.29 bits per heavy atom. The SMILES string of the molecule is O=C(O)CC1(NC(=O)c2cc(Cl)ccc2Cl)CCOCC1. The van der Waals surface area contributed by atoms with Gasteiger partial charge in [-0.3, -0.25) is 9.59 Å². The molecule has 1 heterocycles. The molecule has 1 aliphatic rings. The molecule has 1 amide bonds. The van der Waals surface area contributed by atoms with Gasteiger partial charge >= 0.3 is 5.97 Å². The molecule has 0 atom stereocenters. The highest BCUT2D eigenvalue weighted by molar-refractivity contribution is 6.35. The van der Waals surface area contributed by atoms with Gasteiger partial charge in [-0.05, 0) is 31.0 Å². The lowest BCUT2D eigenvalue weighted by Gasteiger charge is -2.36. The first kappa shape index (κ1) is 16.1. The fraction of sp³-hybridized carbons (Fsp3) is 0.429. The van der Waals surface area contributed by atoms with Gasteiger partial charge in [0, 0.05) is 18.2 Å². The first-order chi connectivity index (χ1) is 9.92. The van der Waals surface area contributed by atoms with Gasteiger partial charge in [-0.25, -0.2) is 0 Å². The van der Waals surface area contributed by atoms with Crippen molar-refractivity contribution < 1.29 is 19.4 Å². The topological polar surface area (TPSA) is 75.6 Å². The molecule has 2 N–H and O–H groups in total. The zero-order valence-corrected chi connectivity index (χ0v) is 12.7. The van der Waals surface area contributed by atoms with Crippen LogP contribution in [-0.4, -0.2) is 35.7 Å². The monoisotopic (exact) mass is 331 g/mol. The van der Waals surface area contributed by atoms with E-state index in [9.17, 15) is 9.59 Å². The fourth-order valence-corrected chi connectivity index (χ4v) is 2.75. The fourth-order valence-electron chi connectivity index (χ4n) is 2.38. The number of aliphatic carboxylic acids is 1. The molecular weight excluding hydrogens is 317 g/mol. The molecule has 1 aliphatic heterocycles. The summed E-state index contributed by atoms with van der Waals surface area (Å²) in [7, 11) is 0. The summed E-state index contributed by atoms with van der Waals surface area (Å²) in [5.41, 5.74) is -0.576. The molecule has 0 saturated carbocycles. The maximum absolute atomic E-state index is 12.4. The highest BCUT2D eigenvalue weighted by atomic mass is 35.5. The van der Waals surface area contributed by atoms with Gasteiger partial charge in [-0.2, -0.15) is 0 Å². The van der Waals surface area contributed by atoms with Crippen molar-refractivity contribution in [2.75, 3.05) is 13.2 Å². The zero-order valence-electron chi connectivity index (χ0n) is 11.2. The van der Waals surface area contributed by atoms with E-state index in [2.05, 4.69) is 5.32 Å². The Labute approximate surface area is 132 Å². The van der Waals surface area contributed by atoms with Crippen LogP contribution in [-0.2, 0) is 9.53 Å². The largest absolute Gasteiger partial charge is 0.481 e. The Hall–Kier alpha value is -1.30. The molecule has 1 aromatic carbocycles. The summed E-state index contributed by atoms with van der Waals surface area (Å²) in [5, 5.41) is 12.5. The van der Waals surface area contributed by atoms with Crippen LogP contribution in [0.4, 0.5) is 0 Å². The Kier molecular flexibility index (Phi) is 5.08. The summed E-state index contributed by atoms with van der Waals surface area (Å²) in [4.78, 5) is 23.5. The molecule has 0 radical (unpaired) electrons. The van der Waals surface area contributed by atoms with E-state index in [0.29, 0.717) is 31.1 Å². The van der Waals surface area contributed by atoms with Crippen molar-refractivity contribution in [2.45, 2.75) is 24.8 Å². The van der Waals surface area contributed by atoms with Gasteiger partial charge in [0.25, 0.3) is 5.91 Å². The smallest absolute Gasteiger partial charge is 0.305 e. The maximum Gasteiger partial charge on any atom is 0.305 e. The third-order valence-corrected chi connectivity index (χ3v) is 4.06. The molecule has 5 nitrogen and oxygen atoms in total. The van der Waals surface area contributed by atoms with E-state index in [0.717, 1.165) is 0 Å². The first-order valence-corrected chi connectivity index (χ1v) is 7.25. The van der Waals surface area contributed by atoms with Gasteiger partial charge in [0.15, 0.2) is 0 Å². The third-order valence-electron chi connectivity index (χ3n) is 3.49. The lowest BCUT2D eigenvalue weighted by molar-refractivity contribution is -0.139. The van der Waals surface area contributed by atoms with Gasteiger partial charge in [0.1, 0.15) is 0 Å². The molecule has 114 valence electrons. The Morgan fingerprint density at radius 2 is 1.95 bits per heavy atom. The number of carboxylic acid groups (broad SMARTS) is 1. The molecule has 2 rings (SSSR count). The van der Waals surface area contributed by atoms with Crippen LogP contribution < -0.4 is 5.32 Å². The molecular formula is C14H15Cl2NO4. The maximum atomic E-state index is 12.4. The number of ether oxygens (including phenoxy) is 1. The van der Waals surface area contributed by atoms with Crippen molar-refractivity contribution in [3.05, 3.63) is 33.8 Å². The number of carbonyl (C=O) groups excluding carboxylic acids is 1. The van der Waals surface area contributed by atoms with Crippen molar-refractivity contribution in [1.82, 2.24) is 5.32 Å². The summed E-state index contributed by atoms with van der Waals surface area (Å²) in [6.07, 6.45) is 0.743. The molecule has 1 aromatic rings. The Morgan fingerprint density at radius 3 is 2.57 bits per heavy atom. The van der Waals surface area contributed by atoms with Crippen molar-refractivity contribution in [3.8, 4) is 0 Å². The van der Waals surface area contributed by atoms with E-state index in [1.165, 1.54) is 12.1 Å². The van der Waals surface area contributed by atoms with Crippen molar-refractivity contribution >= 4 is 35.1 Å². The Bertz CT molecular complexity index is 556. The number of carbonyl (C=O) groups is 2. The summed E-state index contributed by atoms with van der Waals surface area (Å²) >= 11 is 11.9. The zero-order chi connectivity index (χ0) is 15.5. The number of nitrogens with one attached hydrogen (secondary N) is 1. The van der Waals surface area contributed by atoms with Crippen LogP contribution in [0.3, 0.4) is 0 Å². The van der Waals surface area contributed by atoms with E-state index in [4.69, 9.17) is 33.0 Å². The van der Waals surface area contributed by atoms with E-state index >= 15 is 0 Å². The minimum absolute atomic E-state index is 0.152. The van der Waals surface area contributed by atoms with Crippen molar-refractivity contribution in [1.29, 1.82) is 0 Å². The van der Waals surface area contributed by atoms with Crippen LogP contribution in [0.25, 0.3) is 0 Å². The molecule has 1 fully saturated rings. The van der Waals surface area contributed by atoms with Crippen LogP contribution in [0.1, 0.15) is 29.6 Å². The van der Waals surface area contributed by atoms with E-state index < -0.39 is 17.4 Å². The van der Waals surface area contributed by atoms with Gasteiger partial charge in [-0.15, -0.1) is 0 Å². The van der Waals surface area contributed by atoms with Gasteiger partial charge in [0.2, 0.25) is 0 Å². The first-order valence-electron chi connectivity index (χ1n) is 6.49.